The van der Waals surface area contributed by atoms with Crippen LogP contribution in [0.15, 0.2) is 182 Å². The zero-order chi connectivity index (χ0) is 41.2. The SMILES string of the molecule is CC1(C)COC(C)(C)N1C(=O)O[C@H]([C@@H](O)[C@H](c1ccccc1)N(Cc1ccccc1)Cc1ccccc1)[C@H](c1ccccc1)N(Cc1ccccc1)Cc1ccccc1. The predicted octanol–water partition coefficient (Wildman–Crippen LogP) is 10.6. The molecule has 7 heteroatoms. The van der Waals surface area contributed by atoms with Gasteiger partial charge in [-0.3, -0.25) is 14.7 Å². The van der Waals surface area contributed by atoms with Crippen molar-refractivity contribution in [2.24, 2.45) is 0 Å². The van der Waals surface area contributed by atoms with Crippen LogP contribution in [0.5, 0.6) is 0 Å². The van der Waals surface area contributed by atoms with Crippen molar-refractivity contribution in [1.29, 1.82) is 0 Å². The van der Waals surface area contributed by atoms with Crippen LogP contribution in [0.25, 0.3) is 0 Å². The van der Waals surface area contributed by atoms with E-state index in [1.165, 1.54) is 0 Å². The number of aliphatic hydroxyl groups is 1. The van der Waals surface area contributed by atoms with E-state index in [0.717, 1.165) is 33.4 Å². The van der Waals surface area contributed by atoms with Crippen LogP contribution in [0.2, 0.25) is 0 Å². The van der Waals surface area contributed by atoms with E-state index in [1.807, 2.05) is 137 Å². The summed E-state index contributed by atoms with van der Waals surface area (Å²) < 4.78 is 13.2. The van der Waals surface area contributed by atoms with Crippen LogP contribution in [-0.2, 0) is 35.7 Å². The molecule has 0 spiro atoms. The largest absolute Gasteiger partial charge is 0.441 e. The molecule has 0 unspecified atom stereocenters. The minimum atomic E-state index is -1.22. The van der Waals surface area contributed by atoms with Gasteiger partial charge in [0, 0.05) is 26.2 Å². The molecule has 6 aromatic carbocycles. The molecule has 0 saturated carbocycles. The Bertz CT molecular complexity index is 2070. The van der Waals surface area contributed by atoms with Crippen LogP contribution in [0.4, 0.5) is 4.79 Å². The van der Waals surface area contributed by atoms with Gasteiger partial charge in [0.05, 0.1) is 24.2 Å². The second-order valence-corrected chi connectivity index (χ2v) is 16.7. The van der Waals surface area contributed by atoms with E-state index in [1.54, 1.807) is 4.90 Å². The van der Waals surface area contributed by atoms with Crippen molar-refractivity contribution >= 4 is 6.09 Å². The van der Waals surface area contributed by atoms with Gasteiger partial charge in [0.1, 0.15) is 11.8 Å². The van der Waals surface area contributed by atoms with Crippen molar-refractivity contribution in [1.82, 2.24) is 14.7 Å². The molecule has 0 radical (unpaired) electrons. The van der Waals surface area contributed by atoms with Crippen molar-refractivity contribution in [2.75, 3.05) is 6.61 Å². The highest BCUT2D eigenvalue weighted by atomic mass is 16.6. The predicted molar refractivity (Wildman–Crippen MR) is 235 cm³/mol. The van der Waals surface area contributed by atoms with Gasteiger partial charge in [-0.1, -0.05) is 182 Å². The fourth-order valence-corrected chi connectivity index (χ4v) is 8.66. The van der Waals surface area contributed by atoms with Crippen LogP contribution in [0.3, 0.4) is 0 Å². The van der Waals surface area contributed by atoms with Crippen LogP contribution in [-0.4, -0.2) is 56.0 Å². The van der Waals surface area contributed by atoms with Crippen molar-refractivity contribution in [3.05, 3.63) is 215 Å². The van der Waals surface area contributed by atoms with Crippen LogP contribution in [0, 0.1) is 0 Å². The van der Waals surface area contributed by atoms with Crippen LogP contribution >= 0.6 is 0 Å². The first-order chi connectivity index (χ1) is 28.6. The highest BCUT2D eigenvalue weighted by Crippen LogP contribution is 2.41. The Labute approximate surface area is 350 Å². The fourth-order valence-electron chi connectivity index (χ4n) is 8.66. The Morgan fingerprint density at radius 3 is 1.22 bits per heavy atom. The van der Waals surface area contributed by atoms with Gasteiger partial charge in [-0.15, -0.1) is 0 Å². The number of hydrogen-bond donors (Lipinski definition) is 1. The normalized spacial score (nSPS) is 16.7. The highest BCUT2D eigenvalue weighted by molar-refractivity contribution is 5.70. The van der Waals surface area contributed by atoms with Gasteiger partial charge in [-0.25, -0.2) is 4.79 Å². The van der Waals surface area contributed by atoms with E-state index in [9.17, 15) is 5.11 Å². The van der Waals surface area contributed by atoms with Crippen molar-refractivity contribution in [3.8, 4) is 0 Å². The topological polar surface area (TPSA) is 65.5 Å². The Hall–Kier alpha value is -5.57. The lowest BCUT2D eigenvalue weighted by Crippen LogP contribution is -2.56. The average molecular weight is 788 g/mol. The molecule has 1 saturated heterocycles. The molecule has 7 rings (SSSR count). The lowest BCUT2D eigenvalue weighted by molar-refractivity contribution is -0.112. The summed E-state index contributed by atoms with van der Waals surface area (Å²) >= 11 is 0. The third kappa shape index (κ3) is 10.4. The molecule has 1 aliphatic heterocycles. The molecule has 1 N–H and O–H groups in total. The fraction of sp³-hybridized carbons (Fsp3) is 0.288. The summed E-state index contributed by atoms with van der Waals surface area (Å²) in [5, 5.41) is 13.6. The first-order valence-corrected chi connectivity index (χ1v) is 20.7. The zero-order valence-corrected chi connectivity index (χ0v) is 34.7. The number of rotatable bonds is 16. The highest BCUT2D eigenvalue weighted by Gasteiger charge is 2.52. The molecule has 1 amide bonds. The van der Waals surface area contributed by atoms with E-state index in [0.29, 0.717) is 32.8 Å². The number of hydrogen-bond acceptors (Lipinski definition) is 6. The van der Waals surface area contributed by atoms with E-state index in [-0.39, 0.29) is 0 Å². The quantitative estimate of drug-likeness (QED) is 0.105. The second kappa shape index (κ2) is 19.0. The Balaban J connectivity index is 1.42. The number of ether oxygens (including phenoxy) is 2. The number of benzene rings is 6. The lowest BCUT2D eigenvalue weighted by Gasteiger charge is -2.45. The Kier molecular flexibility index (Phi) is 13.4. The third-order valence-corrected chi connectivity index (χ3v) is 11.3. The number of nitrogens with zero attached hydrogens (tertiary/aromatic N) is 3. The Morgan fingerprint density at radius 2 is 0.881 bits per heavy atom. The summed E-state index contributed by atoms with van der Waals surface area (Å²) in [5.74, 6) is 0. The molecule has 0 bridgehead atoms. The first kappa shape index (κ1) is 41.6. The maximum atomic E-state index is 15.1. The van der Waals surface area contributed by atoms with Crippen LogP contribution in [0.1, 0.15) is 73.2 Å². The molecule has 1 aliphatic rings. The number of carbonyl (C=O) groups is 1. The lowest BCUT2D eigenvalue weighted by atomic mass is 9.87. The van der Waals surface area contributed by atoms with Crippen molar-refractivity contribution in [2.45, 2.75) is 89.4 Å². The summed E-state index contributed by atoms with van der Waals surface area (Å²) in [7, 11) is 0. The summed E-state index contributed by atoms with van der Waals surface area (Å²) in [5.41, 5.74) is 4.69. The summed E-state index contributed by atoms with van der Waals surface area (Å²) in [4.78, 5) is 21.4. The van der Waals surface area contributed by atoms with Gasteiger partial charge in [0.25, 0.3) is 0 Å². The molecule has 59 heavy (non-hydrogen) atoms. The smallest absolute Gasteiger partial charge is 0.413 e. The molecule has 0 aliphatic carbocycles. The van der Waals surface area contributed by atoms with Gasteiger partial charge in [-0.2, -0.15) is 0 Å². The first-order valence-electron chi connectivity index (χ1n) is 20.7. The standard InChI is InChI=1S/C52H57N3O4/c1-51(2)39-58-52(3,4)55(51)50(57)59-49(47(45-33-21-10-22-34-45)54(37-42-27-15-7-16-28-42)38-43-29-17-8-18-30-43)48(56)46(44-31-19-9-20-32-44)53(35-40-23-11-5-12-24-40)36-41-25-13-6-14-26-41/h5-34,46-49,56H,35-39H2,1-4H3/t46-,47-,48-,49-/m0/s1. The summed E-state index contributed by atoms with van der Waals surface area (Å²) in [6.07, 6.45) is -2.82. The molecule has 0 aromatic heterocycles. The molecule has 1 fully saturated rings. The summed E-state index contributed by atoms with van der Waals surface area (Å²) in [6, 6.07) is 60.6. The van der Waals surface area contributed by atoms with E-state index in [4.69, 9.17) is 9.47 Å². The third-order valence-electron chi connectivity index (χ3n) is 11.3. The maximum Gasteiger partial charge on any atom is 0.413 e. The molecule has 7 nitrogen and oxygen atoms in total. The number of aliphatic hydroxyl groups excluding tert-OH is 1. The van der Waals surface area contributed by atoms with Gasteiger partial charge in [0.15, 0.2) is 6.10 Å². The van der Waals surface area contributed by atoms with Crippen LogP contribution < -0.4 is 0 Å². The van der Waals surface area contributed by atoms with Crippen molar-refractivity contribution in [3.63, 3.8) is 0 Å². The monoisotopic (exact) mass is 787 g/mol. The van der Waals surface area contributed by atoms with Crippen molar-refractivity contribution < 1.29 is 19.4 Å². The molecule has 304 valence electrons. The Morgan fingerprint density at radius 1 is 0.559 bits per heavy atom. The van der Waals surface area contributed by atoms with E-state index in [2.05, 4.69) is 82.6 Å². The molecular weight excluding hydrogens is 731 g/mol. The molecule has 6 aromatic rings. The maximum absolute atomic E-state index is 15.1. The van der Waals surface area contributed by atoms with Gasteiger partial charge < -0.3 is 14.6 Å². The molecule has 4 atom stereocenters. The average Bonchev–Trinajstić information content (AvgIpc) is 3.48. The van der Waals surface area contributed by atoms with E-state index >= 15 is 4.79 Å². The molecular formula is C52H57N3O4. The van der Waals surface area contributed by atoms with E-state index < -0.39 is 41.6 Å². The minimum Gasteiger partial charge on any atom is -0.441 e. The number of carbonyl (C=O) groups excluding carboxylic acids is 1. The molecule has 1 heterocycles. The number of amides is 1. The zero-order valence-electron chi connectivity index (χ0n) is 34.7. The van der Waals surface area contributed by atoms with Gasteiger partial charge in [0.2, 0.25) is 0 Å². The van der Waals surface area contributed by atoms with Gasteiger partial charge in [-0.05, 0) is 61.1 Å². The minimum absolute atomic E-state index is 0.354. The second-order valence-electron chi connectivity index (χ2n) is 16.7. The summed E-state index contributed by atoms with van der Waals surface area (Å²) in [6.45, 7) is 10.3. The van der Waals surface area contributed by atoms with Gasteiger partial charge >= 0.3 is 6.09 Å².